The number of ether oxygens (including phenoxy) is 1. The van der Waals surface area contributed by atoms with E-state index in [9.17, 15) is 19.5 Å². The molecule has 0 saturated carbocycles. The van der Waals surface area contributed by atoms with E-state index in [0.29, 0.717) is 4.88 Å². The smallest absolute Gasteiger partial charge is 0.412 e. The number of ketones is 2. The second-order valence-electron chi connectivity index (χ2n) is 6.44. The van der Waals surface area contributed by atoms with Gasteiger partial charge in [-0.15, -0.1) is 22.7 Å². The minimum absolute atomic E-state index is 0.0856. The third-order valence-electron chi connectivity index (χ3n) is 2.83. The van der Waals surface area contributed by atoms with Gasteiger partial charge in [0, 0.05) is 24.6 Å². The Hall–Kier alpha value is -2.59. The van der Waals surface area contributed by atoms with Crippen molar-refractivity contribution in [3.63, 3.8) is 0 Å². The molecule has 0 radical (unpaired) electrons. The van der Waals surface area contributed by atoms with Gasteiger partial charge in [0.05, 0.1) is 11.4 Å². The van der Waals surface area contributed by atoms with E-state index in [4.69, 9.17) is 15.6 Å². The van der Waals surface area contributed by atoms with Crippen molar-refractivity contribution in [3.05, 3.63) is 20.5 Å². The highest BCUT2D eigenvalue weighted by molar-refractivity contribution is 7.13. The van der Waals surface area contributed by atoms with E-state index in [1.807, 2.05) is 0 Å². The van der Waals surface area contributed by atoms with Crippen molar-refractivity contribution in [3.8, 4) is 11.5 Å². The Bertz CT molecular complexity index is 848. The van der Waals surface area contributed by atoms with Crippen LogP contribution in [0.5, 0.6) is 11.5 Å². The number of anilines is 2. The van der Waals surface area contributed by atoms with E-state index >= 15 is 0 Å². The van der Waals surface area contributed by atoms with Gasteiger partial charge in [-0.1, -0.05) is 0 Å². The van der Waals surface area contributed by atoms with Crippen molar-refractivity contribution < 1.29 is 29.3 Å². The van der Waals surface area contributed by atoms with Crippen LogP contribution in [0.15, 0.2) is 10.8 Å². The molecule has 2 rings (SSSR count). The number of aromatic hydroxyl groups is 2. The van der Waals surface area contributed by atoms with E-state index in [-0.39, 0.29) is 39.3 Å². The molecule has 0 aliphatic heterocycles. The number of thiophene rings is 2. The summed E-state index contributed by atoms with van der Waals surface area (Å²) in [6.45, 7) is 7.96. The van der Waals surface area contributed by atoms with Crippen molar-refractivity contribution >= 4 is 51.7 Å². The van der Waals surface area contributed by atoms with E-state index in [2.05, 4.69) is 5.32 Å². The topological polar surface area (TPSA) is 139 Å². The van der Waals surface area contributed by atoms with E-state index < -0.39 is 11.7 Å². The fourth-order valence-electron chi connectivity index (χ4n) is 1.72. The molecule has 0 fully saturated rings. The van der Waals surface area contributed by atoms with E-state index in [0.717, 1.165) is 22.7 Å². The maximum absolute atomic E-state index is 11.4. The molecule has 2 heterocycles. The molecule has 27 heavy (non-hydrogen) atoms. The Morgan fingerprint density at radius 3 is 1.81 bits per heavy atom. The lowest BCUT2D eigenvalue weighted by Gasteiger charge is -2.19. The van der Waals surface area contributed by atoms with Gasteiger partial charge in [0.1, 0.15) is 15.4 Å². The van der Waals surface area contributed by atoms with Crippen molar-refractivity contribution in [2.75, 3.05) is 11.1 Å². The monoisotopic (exact) mass is 414 g/mol. The number of Topliss-reactive ketones (excluding diaryl/α,β-unsaturated/α-hetero) is 2. The highest BCUT2D eigenvalue weighted by Gasteiger charge is 2.20. The maximum Gasteiger partial charge on any atom is 0.412 e. The first kappa shape index (κ1) is 22.5. The first-order chi connectivity index (χ1) is 12.3. The number of nitrogens with two attached hydrogens (primary N) is 1. The van der Waals surface area contributed by atoms with Crippen LogP contribution in [-0.2, 0) is 4.74 Å². The summed E-state index contributed by atoms with van der Waals surface area (Å²) in [5.74, 6) is -0.699. The standard InChI is InChI=1S/C11H15NO4S.C6H7NO2S/c1-6(13)9-8(14)7(5-17-9)12-10(15)16-11(2,3)4;1-3(8)6-5(9)4(7)2-10-6/h5,14H,1-4H3,(H,12,15);2,9H,7H2,1H3. The fraction of sp³-hybridized carbons (Fsp3) is 0.353. The summed E-state index contributed by atoms with van der Waals surface area (Å²) in [7, 11) is 0. The first-order valence-corrected chi connectivity index (χ1v) is 9.47. The van der Waals surface area contributed by atoms with Gasteiger partial charge in [0.2, 0.25) is 0 Å². The Balaban J connectivity index is 0.000000309. The second kappa shape index (κ2) is 8.87. The number of rotatable bonds is 3. The Labute approximate surface area is 164 Å². The molecule has 148 valence electrons. The van der Waals surface area contributed by atoms with Gasteiger partial charge in [-0.2, -0.15) is 0 Å². The van der Waals surface area contributed by atoms with Crippen molar-refractivity contribution in [2.45, 2.75) is 40.2 Å². The largest absolute Gasteiger partial charge is 0.504 e. The molecule has 0 spiro atoms. The molecule has 0 atom stereocenters. The van der Waals surface area contributed by atoms with Crippen LogP contribution >= 0.6 is 22.7 Å². The number of amides is 1. The number of carbonyl (C=O) groups excluding carboxylic acids is 3. The van der Waals surface area contributed by atoms with Crippen LogP contribution in [0.25, 0.3) is 0 Å². The Morgan fingerprint density at radius 1 is 1.00 bits per heavy atom. The molecule has 1 amide bonds. The second-order valence-corrected chi connectivity index (χ2v) is 8.19. The van der Waals surface area contributed by atoms with Crippen LogP contribution in [-0.4, -0.2) is 33.5 Å². The minimum atomic E-state index is -0.666. The lowest BCUT2D eigenvalue weighted by molar-refractivity contribution is 0.0634. The summed E-state index contributed by atoms with van der Waals surface area (Å²) in [6.07, 6.45) is -0.666. The van der Waals surface area contributed by atoms with Crippen LogP contribution in [0, 0.1) is 0 Å². The quantitative estimate of drug-likeness (QED) is 0.551. The van der Waals surface area contributed by atoms with Gasteiger partial charge in [-0.05, 0) is 20.8 Å². The molecular formula is C17H22N2O6S2. The van der Waals surface area contributed by atoms with Crippen LogP contribution < -0.4 is 11.1 Å². The van der Waals surface area contributed by atoms with Gasteiger partial charge in [0.15, 0.2) is 23.1 Å². The number of hydrogen-bond acceptors (Lipinski definition) is 9. The zero-order valence-corrected chi connectivity index (χ0v) is 17.2. The van der Waals surface area contributed by atoms with Gasteiger partial charge in [-0.3, -0.25) is 14.9 Å². The zero-order valence-electron chi connectivity index (χ0n) is 15.6. The van der Waals surface area contributed by atoms with Crippen LogP contribution in [0.3, 0.4) is 0 Å². The highest BCUT2D eigenvalue weighted by Crippen LogP contribution is 2.34. The molecule has 10 heteroatoms. The number of nitrogen functional groups attached to an aromatic ring is 1. The average Bonchev–Trinajstić information content (AvgIpc) is 3.02. The van der Waals surface area contributed by atoms with Gasteiger partial charge in [0.25, 0.3) is 0 Å². The SMILES string of the molecule is CC(=O)c1scc(N)c1O.CC(=O)c1scc(NC(=O)OC(C)(C)C)c1O. The third-order valence-corrected chi connectivity index (χ3v) is 4.99. The molecule has 0 saturated heterocycles. The predicted molar refractivity (Wildman–Crippen MR) is 106 cm³/mol. The summed E-state index contributed by atoms with van der Waals surface area (Å²) in [5.41, 5.74) is 5.14. The average molecular weight is 415 g/mol. The number of nitrogens with one attached hydrogen (secondary N) is 1. The lowest BCUT2D eigenvalue weighted by Crippen LogP contribution is -2.27. The zero-order chi connectivity index (χ0) is 20.9. The molecule has 0 aromatic carbocycles. The fourth-order valence-corrected chi connectivity index (χ4v) is 3.26. The first-order valence-electron chi connectivity index (χ1n) is 7.71. The maximum atomic E-state index is 11.4. The van der Waals surface area contributed by atoms with Crippen molar-refractivity contribution in [1.82, 2.24) is 0 Å². The molecule has 2 aromatic heterocycles. The van der Waals surface area contributed by atoms with Crippen molar-refractivity contribution in [1.29, 1.82) is 0 Å². The summed E-state index contributed by atoms with van der Waals surface area (Å²) < 4.78 is 5.02. The van der Waals surface area contributed by atoms with Gasteiger partial charge in [-0.25, -0.2) is 4.79 Å². The summed E-state index contributed by atoms with van der Waals surface area (Å²) in [5, 5.41) is 24.2. The summed E-state index contributed by atoms with van der Waals surface area (Å²) in [6, 6.07) is 0. The Morgan fingerprint density at radius 2 is 1.48 bits per heavy atom. The normalized spacial score (nSPS) is 10.6. The minimum Gasteiger partial charge on any atom is -0.504 e. The van der Waals surface area contributed by atoms with Crippen LogP contribution in [0.2, 0.25) is 0 Å². The lowest BCUT2D eigenvalue weighted by atomic mass is 10.2. The molecule has 0 aliphatic rings. The summed E-state index contributed by atoms with van der Waals surface area (Å²) >= 11 is 2.23. The third kappa shape index (κ3) is 6.57. The molecule has 8 nitrogen and oxygen atoms in total. The highest BCUT2D eigenvalue weighted by atomic mass is 32.1. The van der Waals surface area contributed by atoms with Crippen LogP contribution in [0.1, 0.15) is 54.0 Å². The molecular weight excluding hydrogens is 392 g/mol. The molecule has 0 aliphatic carbocycles. The number of hydrogen-bond donors (Lipinski definition) is 4. The predicted octanol–water partition coefficient (Wildman–Crippen LogP) is 4.24. The summed E-state index contributed by atoms with van der Waals surface area (Å²) in [4.78, 5) is 33.8. The van der Waals surface area contributed by atoms with Crippen LogP contribution in [0.4, 0.5) is 16.2 Å². The van der Waals surface area contributed by atoms with Gasteiger partial charge < -0.3 is 20.7 Å². The van der Waals surface area contributed by atoms with E-state index in [1.54, 1.807) is 26.2 Å². The van der Waals surface area contributed by atoms with Gasteiger partial charge >= 0.3 is 6.09 Å². The molecule has 0 unspecified atom stereocenters. The van der Waals surface area contributed by atoms with Crippen molar-refractivity contribution in [2.24, 2.45) is 0 Å². The molecule has 2 aromatic rings. The molecule has 0 bridgehead atoms. The molecule has 5 N–H and O–H groups in total. The van der Waals surface area contributed by atoms with E-state index in [1.165, 1.54) is 19.2 Å². The number of carbonyl (C=O) groups is 3. The Kier molecular flexibility index (Phi) is 7.37.